The van der Waals surface area contributed by atoms with Crippen LogP contribution in [0, 0.1) is 0 Å². The molecule has 0 radical (unpaired) electrons. The molecule has 1 fully saturated rings. The Morgan fingerprint density at radius 3 is 3.00 bits per heavy atom. The van der Waals surface area contributed by atoms with E-state index in [-0.39, 0.29) is 12.5 Å². The van der Waals surface area contributed by atoms with Gasteiger partial charge < -0.3 is 15.3 Å². The fraction of sp³-hybridized carbons (Fsp3) is 0.500. The SMILES string of the molecule is Cn1nccc1CCC(=O)NC[C@@]1(O)CCN(c2cnccn2)C1. The molecule has 8 heteroatoms. The van der Waals surface area contributed by atoms with Crippen molar-refractivity contribution in [2.75, 3.05) is 24.5 Å². The summed E-state index contributed by atoms with van der Waals surface area (Å²) in [4.78, 5) is 22.3. The number of hydrogen-bond acceptors (Lipinski definition) is 6. The first-order valence-electron chi connectivity index (χ1n) is 8.03. The van der Waals surface area contributed by atoms with E-state index in [0.717, 1.165) is 11.5 Å². The Hall–Kier alpha value is -2.48. The highest BCUT2D eigenvalue weighted by Crippen LogP contribution is 2.24. The number of aliphatic hydroxyl groups is 1. The molecule has 0 bridgehead atoms. The first kappa shape index (κ1) is 16.4. The van der Waals surface area contributed by atoms with Crippen molar-refractivity contribution >= 4 is 11.7 Å². The lowest BCUT2D eigenvalue weighted by molar-refractivity contribution is -0.122. The zero-order valence-corrected chi connectivity index (χ0v) is 13.7. The average molecular weight is 330 g/mol. The number of anilines is 1. The second kappa shape index (κ2) is 6.96. The number of amides is 1. The van der Waals surface area contributed by atoms with E-state index in [9.17, 15) is 9.90 Å². The first-order chi connectivity index (χ1) is 11.6. The van der Waals surface area contributed by atoms with E-state index >= 15 is 0 Å². The highest BCUT2D eigenvalue weighted by Gasteiger charge is 2.36. The van der Waals surface area contributed by atoms with Gasteiger partial charge in [0.05, 0.1) is 6.20 Å². The van der Waals surface area contributed by atoms with Gasteiger partial charge in [0.1, 0.15) is 11.4 Å². The summed E-state index contributed by atoms with van der Waals surface area (Å²) >= 11 is 0. The van der Waals surface area contributed by atoms with Crippen molar-refractivity contribution in [1.82, 2.24) is 25.1 Å². The smallest absolute Gasteiger partial charge is 0.220 e. The van der Waals surface area contributed by atoms with Crippen LogP contribution in [0.3, 0.4) is 0 Å². The monoisotopic (exact) mass is 330 g/mol. The predicted octanol–water partition coefficient (Wildman–Crippen LogP) is -0.0997. The Labute approximate surface area is 140 Å². The maximum absolute atomic E-state index is 12.0. The molecule has 2 N–H and O–H groups in total. The van der Waals surface area contributed by atoms with Crippen molar-refractivity contribution in [3.8, 4) is 0 Å². The lowest BCUT2D eigenvalue weighted by atomic mass is 10.0. The van der Waals surface area contributed by atoms with Crippen LogP contribution in [-0.4, -0.2) is 56.0 Å². The molecule has 1 aliphatic rings. The topological polar surface area (TPSA) is 96.2 Å². The molecule has 1 atom stereocenters. The summed E-state index contributed by atoms with van der Waals surface area (Å²) in [6, 6.07) is 1.90. The molecule has 1 amide bonds. The Kier molecular flexibility index (Phi) is 4.75. The molecule has 128 valence electrons. The quantitative estimate of drug-likeness (QED) is 0.768. The lowest BCUT2D eigenvalue weighted by Gasteiger charge is -2.24. The Morgan fingerprint density at radius 2 is 2.29 bits per heavy atom. The molecule has 0 aromatic carbocycles. The van der Waals surface area contributed by atoms with Crippen LogP contribution in [0.5, 0.6) is 0 Å². The van der Waals surface area contributed by atoms with Crippen molar-refractivity contribution in [3.05, 3.63) is 36.5 Å². The molecule has 0 saturated carbocycles. The molecule has 1 aliphatic heterocycles. The molecule has 24 heavy (non-hydrogen) atoms. The van der Waals surface area contributed by atoms with E-state index in [1.807, 2.05) is 18.0 Å². The number of aryl methyl sites for hydroxylation is 2. The van der Waals surface area contributed by atoms with Crippen LogP contribution in [0.2, 0.25) is 0 Å². The Balaban J connectivity index is 1.46. The van der Waals surface area contributed by atoms with E-state index in [1.165, 1.54) is 0 Å². The van der Waals surface area contributed by atoms with Gasteiger partial charge in [0, 0.05) is 57.4 Å². The normalized spacial score (nSPS) is 20.3. The van der Waals surface area contributed by atoms with Crippen LogP contribution < -0.4 is 10.2 Å². The van der Waals surface area contributed by atoms with Gasteiger partial charge in [-0.3, -0.25) is 14.5 Å². The molecule has 3 rings (SSSR count). The van der Waals surface area contributed by atoms with Gasteiger partial charge in [0.25, 0.3) is 0 Å². The van der Waals surface area contributed by atoms with Gasteiger partial charge in [-0.05, 0) is 18.9 Å². The molecule has 1 saturated heterocycles. The summed E-state index contributed by atoms with van der Waals surface area (Å²) in [6.07, 6.45) is 8.25. The fourth-order valence-corrected chi connectivity index (χ4v) is 2.89. The van der Waals surface area contributed by atoms with E-state index in [0.29, 0.717) is 32.4 Å². The van der Waals surface area contributed by atoms with Crippen LogP contribution in [0.4, 0.5) is 5.82 Å². The third-order valence-electron chi connectivity index (χ3n) is 4.35. The number of aromatic nitrogens is 4. The number of carbonyl (C=O) groups is 1. The van der Waals surface area contributed by atoms with Crippen LogP contribution in [0.1, 0.15) is 18.5 Å². The van der Waals surface area contributed by atoms with Crippen molar-refractivity contribution in [1.29, 1.82) is 0 Å². The minimum Gasteiger partial charge on any atom is -0.386 e. The van der Waals surface area contributed by atoms with Gasteiger partial charge in [0.2, 0.25) is 5.91 Å². The molecule has 0 unspecified atom stereocenters. The number of β-amino-alcohol motifs (C(OH)–C–C–N with tert-alkyl or cyclic N) is 1. The highest BCUT2D eigenvalue weighted by atomic mass is 16.3. The first-order valence-corrected chi connectivity index (χ1v) is 8.03. The molecule has 8 nitrogen and oxygen atoms in total. The number of carbonyl (C=O) groups excluding carboxylic acids is 1. The largest absolute Gasteiger partial charge is 0.386 e. The van der Waals surface area contributed by atoms with E-state index < -0.39 is 5.60 Å². The minimum absolute atomic E-state index is 0.0671. The van der Waals surface area contributed by atoms with E-state index in [4.69, 9.17) is 0 Å². The second-order valence-corrected chi connectivity index (χ2v) is 6.18. The van der Waals surface area contributed by atoms with Gasteiger partial charge in [-0.2, -0.15) is 5.10 Å². The van der Waals surface area contributed by atoms with Crippen LogP contribution in [-0.2, 0) is 18.3 Å². The summed E-state index contributed by atoms with van der Waals surface area (Å²) in [6.45, 7) is 1.38. The average Bonchev–Trinajstić information content (AvgIpc) is 3.18. The van der Waals surface area contributed by atoms with Gasteiger partial charge in [0.15, 0.2) is 0 Å². The van der Waals surface area contributed by atoms with Crippen molar-refractivity contribution < 1.29 is 9.90 Å². The third-order valence-corrected chi connectivity index (χ3v) is 4.35. The Morgan fingerprint density at radius 1 is 1.42 bits per heavy atom. The third kappa shape index (κ3) is 3.88. The number of hydrogen-bond donors (Lipinski definition) is 2. The minimum atomic E-state index is -0.931. The summed E-state index contributed by atoms with van der Waals surface area (Å²) < 4.78 is 1.76. The van der Waals surface area contributed by atoms with Crippen LogP contribution in [0.15, 0.2) is 30.9 Å². The standard InChI is InChI=1S/C16H22N6O2/c1-21-13(4-6-20-21)2-3-15(23)19-11-16(24)5-9-22(12-16)14-10-17-7-8-18-14/h4,6-8,10,24H,2-3,5,9,11-12H2,1H3,(H,19,23)/t16-/m0/s1. The second-order valence-electron chi connectivity index (χ2n) is 6.18. The van der Waals surface area contributed by atoms with Gasteiger partial charge in [-0.15, -0.1) is 0 Å². The summed E-state index contributed by atoms with van der Waals surface area (Å²) in [7, 11) is 1.86. The van der Waals surface area contributed by atoms with Crippen molar-refractivity contribution in [2.45, 2.75) is 24.9 Å². The predicted molar refractivity (Wildman–Crippen MR) is 88.4 cm³/mol. The van der Waals surface area contributed by atoms with Crippen LogP contribution in [0.25, 0.3) is 0 Å². The molecule has 3 heterocycles. The molecule has 2 aromatic rings. The number of nitrogens with zero attached hydrogens (tertiary/aromatic N) is 5. The number of nitrogens with one attached hydrogen (secondary N) is 1. The van der Waals surface area contributed by atoms with Gasteiger partial charge in [-0.1, -0.05) is 0 Å². The Bertz CT molecular complexity index is 689. The van der Waals surface area contributed by atoms with E-state index in [2.05, 4.69) is 20.4 Å². The zero-order valence-electron chi connectivity index (χ0n) is 13.7. The molecule has 0 aliphatic carbocycles. The van der Waals surface area contributed by atoms with Crippen molar-refractivity contribution in [3.63, 3.8) is 0 Å². The molecular formula is C16H22N6O2. The maximum atomic E-state index is 12.0. The van der Waals surface area contributed by atoms with Gasteiger partial charge >= 0.3 is 0 Å². The lowest BCUT2D eigenvalue weighted by Crippen LogP contribution is -2.45. The van der Waals surface area contributed by atoms with Gasteiger partial charge in [-0.25, -0.2) is 4.98 Å². The summed E-state index contributed by atoms with van der Waals surface area (Å²) in [5.74, 6) is 0.679. The fourth-order valence-electron chi connectivity index (χ4n) is 2.89. The number of rotatable bonds is 6. The molecular weight excluding hydrogens is 308 g/mol. The summed E-state index contributed by atoms with van der Waals surface area (Å²) in [5, 5.41) is 17.6. The van der Waals surface area contributed by atoms with Crippen LogP contribution >= 0.6 is 0 Å². The summed E-state index contributed by atoms with van der Waals surface area (Å²) in [5.41, 5.74) is 0.0817. The van der Waals surface area contributed by atoms with Crippen molar-refractivity contribution in [2.24, 2.45) is 7.05 Å². The molecule has 0 spiro atoms. The highest BCUT2D eigenvalue weighted by molar-refractivity contribution is 5.76. The zero-order chi connectivity index (χ0) is 17.0. The molecule has 2 aromatic heterocycles. The van der Waals surface area contributed by atoms with E-state index in [1.54, 1.807) is 29.5 Å². The maximum Gasteiger partial charge on any atom is 0.220 e.